The van der Waals surface area contributed by atoms with Crippen LogP contribution >= 0.6 is 11.3 Å². The molecule has 1 aliphatic carbocycles. The molecule has 1 N–H and O–H groups in total. The van der Waals surface area contributed by atoms with Gasteiger partial charge in [0.1, 0.15) is 0 Å². The predicted molar refractivity (Wildman–Crippen MR) is 79.7 cm³/mol. The van der Waals surface area contributed by atoms with Crippen LogP contribution in [-0.2, 0) is 12.8 Å². The summed E-state index contributed by atoms with van der Waals surface area (Å²) in [6.07, 6.45) is 4.51. The van der Waals surface area contributed by atoms with E-state index in [9.17, 15) is 0 Å². The molecule has 0 spiro atoms. The van der Waals surface area contributed by atoms with Gasteiger partial charge in [0.2, 0.25) is 0 Å². The van der Waals surface area contributed by atoms with Crippen LogP contribution in [0, 0.1) is 0 Å². The first-order valence-corrected chi connectivity index (χ1v) is 7.84. The molecule has 0 amide bonds. The minimum Gasteiger partial charge on any atom is -0.396 e. The van der Waals surface area contributed by atoms with Gasteiger partial charge in [0.15, 0.2) is 0 Å². The van der Waals surface area contributed by atoms with Crippen LogP contribution < -0.4 is 0 Å². The summed E-state index contributed by atoms with van der Waals surface area (Å²) in [4.78, 5) is 4.73. The summed E-state index contributed by atoms with van der Waals surface area (Å²) >= 11 is 1.70. The quantitative estimate of drug-likeness (QED) is 0.919. The van der Waals surface area contributed by atoms with Gasteiger partial charge in [-0.3, -0.25) is 0 Å². The Hall–Kier alpha value is -1.19. The van der Waals surface area contributed by atoms with Gasteiger partial charge >= 0.3 is 0 Å². The summed E-state index contributed by atoms with van der Waals surface area (Å²) in [5.74, 6) is 0.346. The second-order valence-electron chi connectivity index (χ2n) is 5.32. The van der Waals surface area contributed by atoms with E-state index < -0.39 is 0 Å². The van der Waals surface area contributed by atoms with E-state index in [2.05, 4.69) is 30.5 Å². The van der Waals surface area contributed by atoms with Crippen molar-refractivity contribution in [1.82, 2.24) is 4.98 Å². The lowest BCUT2D eigenvalue weighted by Crippen LogP contribution is -1.96. The fourth-order valence-corrected chi connectivity index (χ4v) is 3.62. The molecule has 19 heavy (non-hydrogen) atoms. The first-order valence-electron chi connectivity index (χ1n) is 6.96. The molecule has 0 aliphatic heterocycles. The molecule has 1 atom stereocenters. The van der Waals surface area contributed by atoms with Crippen molar-refractivity contribution in [3.8, 4) is 11.3 Å². The lowest BCUT2D eigenvalue weighted by molar-refractivity contribution is 0.278. The standard InChI is InChI=1S/C16H19NOS/c1-11(7-8-18)16-17-15(10-19-16)14-6-5-12-3-2-4-13(12)9-14/h5-6,9-11,18H,2-4,7-8H2,1H3. The number of hydrogen-bond donors (Lipinski definition) is 1. The molecule has 2 aromatic rings. The highest BCUT2D eigenvalue weighted by atomic mass is 32.1. The summed E-state index contributed by atoms with van der Waals surface area (Å²) in [5, 5.41) is 12.3. The molecule has 3 heteroatoms. The Bertz CT molecular complexity index is 576. The van der Waals surface area contributed by atoms with Gasteiger partial charge in [-0.25, -0.2) is 4.98 Å². The van der Waals surface area contributed by atoms with Gasteiger partial charge in [-0.2, -0.15) is 0 Å². The zero-order valence-corrected chi connectivity index (χ0v) is 12.0. The predicted octanol–water partition coefficient (Wildman–Crippen LogP) is 3.78. The second kappa shape index (κ2) is 5.43. The molecular weight excluding hydrogens is 254 g/mol. The summed E-state index contributed by atoms with van der Waals surface area (Å²) < 4.78 is 0. The number of aromatic nitrogens is 1. The Kier molecular flexibility index (Phi) is 3.67. The minimum atomic E-state index is 0.231. The Labute approximate surface area is 118 Å². The zero-order chi connectivity index (χ0) is 13.2. The third kappa shape index (κ3) is 2.58. The van der Waals surface area contributed by atoms with Crippen molar-refractivity contribution < 1.29 is 5.11 Å². The highest BCUT2D eigenvalue weighted by molar-refractivity contribution is 7.10. The largest absolute Gasteiger partial charge is 0.396 e. The van der Waals surface area contributed by atoms with Crippen LogP contribution in [0.3, 0.4) is 0 Å². The maximum atomic E-state index is 9.00. The topological polar surface area (TPSA) is 33.1 Å². The van der Waals surface area contributed by atoms with Crippen LogP contribution in [0.25, 0.3) is 11.3 Å². The van der Waals surface area contributed by atoms with Crippen molar-refractivity contribution in [3.05, 3.63) is 39.7 Å². The molecule has 1 aliphatic rings. The lowest BCUT2D eigenvalue weighted by Gasteiger charge is -2.05. The third-order valence-corrected chi connectivity index (χ3v) is 4.98. The van der Waals surface area contributed by atoms with Crippen LogP contribution in [0.1, 0.15) is 41.8 Å². The Balaban J connectivity index is 1.86. The van der Waals surface area contributed by atoms with Gasteiger partial charge in [-0.05, 0) is 42.9 Å². The highest BCUT2D eigenvalue weighted by Gasteiger charge is 2.14. The zero-order valence-electron chi connectivity index (χ0n) is 11.2. The normalized spacial score (nSPS) is 15.5. The number of aliphatic hydroxyl groups excluding tert-OH is 1. The summed E-state index contributed by atoms with van der Waals surface area (Å²) in [6, 6.07) is 6.76. The average Bonchev–Trinajstić information content (AvgIpc) is 3.07. The number of fused-ring (bicyclic) bond motifs is 1. The van der Waals surface area contributed by atoms with Crippen molar-refractivity contribution in [2.24, 2.45) is 0 Å². The fourth-order valence-electron chi connectivity index (χ4n) is 2.69. The van der Waals surface area contributed by atoms with E-state index in [4.69, 9.17) is 10.1 Å². The molecule has 0 radical (unpaired) electrons. The molecule has 1 aromatic heterocycles. The van der Waals surface area contributed by atoms with Gasteiger partial charge in [0.25, 0.3) is 0 Å². The SMILES string of the molecule is CC(CCO)c1nc(-c2ccc3c(c2)CCC3)cs1. The number of benzene rings is 1. The molecule has 3 rings (SSSR count). The number of hydrogen-bond acceptors (Lipinski definition) is 3. The van der Waals surface area contributed by atoms with E-state index >= 15 is 0 Å². The molecule has 1 heterocycles. The average molecular weight is 273 g/mol. The van der Waals surface area contributed by atoms with E-state index in [-0.39, 0.29) is 6.61 Å². The number of aliphatic hydroxyl groups is 1. The van der Waals surface area contributed by atoms with Gasteiger partial charge in [0, 0.05) is 23.5 Å². The van der Waals surface area contributed by atoms with E-state index in [0.717, 1.165) is 17.1 Å². The Morgan fingerprint density at radius 1 is 1.32 bits per heavy atom. The summed E-state index contributed by atoms with van der Waals surface area (Å²) in [7, 11) is 0. The molecule has 0 saturated carbocycles. The third-order valence-electron chi connectivity index (χ3n) is 3.90. The van der Waals surface area contributed by atoms with Crippen LogP contribution in [0.15, 0.2) is 23.6 Å². The van der Waals surface area contributed by atoms with Crippen LogP contribution in [-0.4, -0.2) is 16.7 Å². The maximum absolute atomic E-state index is 9.00. The van der Waals surface area contributed by atoms with Crippen molar-refractivity contribution in [2.45, 2.75) is 38.5 Å². The first-order chi connectivity index (χ1) is 9.28. The van der Waals surface area contributed by atoms with Crippen molar-refractivity contribution >= 4 is 11.3 Å². The number of aryl methyl sites for hydroxylation is 2. The monoisotopic (exact) mass is 273 g/mol. The van der Waals surface area contributed by atoms with Gasteiger partial charge < -0.3 is 5.11 Å². The minimum absolute atomic E-state index is 0.231. The second-order valence-corrected chi connectivity index (χ2v) is 6.21. The molecule has 1 unspecified atom stereocenters. The summed E-state index contributed by atoms with van der Waals surface area (Å²) in [6.45, 7) is 2.36. The van der Waals surface area contributed by atoms with Crippen LogP contribution in [0.2, 0.25) is 0 Å². The lowest BCUT2D eigenvalue weighted by atomic mass is 10.0. The van der Waals surface area contributed by atoms with Crippen molar-refractivity contribution in [1.29, 1.82) is 0 Å². The maximum Gasteiger partial charge on any atom is 0.0961 e. The molecular formula is C16H19NOS. The Morgan fingerprint density at radius 2 is 2.16 bits per heavy atom. The highest BCUT2D eigenvalue weighted by Crippen LogP contribution is 2.31. The number of thiazole rings is 1. The molecule has 0 saturated heterocycles. The van der Waals surface area contributed by atoms with Crippen LogP contribution in [0.5, 0.6) is 0 Å². The van der Waals surface area contributed by atoms with Crippen molar-refractivity contribution in [2.75, 3.05) is 6.61 Å². The van der Waals surface area contributed by atoms with E-state index in [1.807, 2.05) is 0 Å². The van der Waals surface area contributed by atoms with E-state index in [1.54, 1.807) is 11.3 Å². The van der Waals surface area contributed by atoms with E-state index in [0.29, 0.717) is 5.92 Å². The smallest absolute Gasteiger partial charge is 0.0961 e. The molecule has 100 valence electrons. The first kappa shape index (κ1) is 12.8. The van der Waals surface area contributed by atoms with E-state index in [1.165, 1.54) is 36.0 Å². The fraction of sp³-hybridized carbons (Fsp3) is 0.438. The molecule has 1 aromatic carbocycles. The molecule has 0 fully saturated rings. The summed E-state index contributed by atoms with van der Waals surface area (Å²) in [5.41, 5.74) is 5.32. The van der Waals surface area contributed by atoms with Crippen LogP contribution in [0.4, 0.5) is 0 Å². The van der Waals surface area contributed by atoms with Gasteiger partial charge in [-0.15, -0.1) is 11.3 Å². The number of rotatable bonds is 4. The number of nitrogens with zero attached hydrogens (tertiary/aromatic N) is 1. The Morgan fingerprint density at radius 3 is 3.00 bits per heavy atom. The van der Waals surface area contributed by atoms with Gasteiger partial charge in [0.05, 0.1) is 10.7 Å². The molecule has 0 bridgehead atoms. The van der Waals surface area contributed by atoms with Gasteiger partial charge in [-0.1, -0.05) is 19.1 Å². The van der Waals surface area contributed by atoms with Crippen molar-refractivity contribution in [3.63, 3.8) is 0 Å². The molecule has 2 nitrogen and oxygen atoms in total.